The summed E-state index contributed by atoms with van der Waals surface area (Å²) in [6.45, 7) is 4.39. The van der Waals surface area contributed by atoms with E-state index in [1.807, 2.05) is 42.7 Å². The van der Waals surface area contributed by atoms with Crippen LogP contribution >= 0.6 is 0 Å². The SMILES string of the molecule is CCCCCCCCc1cnc(C(C(=O)C2CCC(CCC)CC2=O)c2ccccc2)nc1. The van der Waals surface area contributed by atoms with Crippen molar-refractivity contribution < 1.29 is 9.59 Å². The van der Waals surface area contributed by atoms with E-state index >= 15 is 0 Å². The van der Waals surface area contributed by atoms with Gasteiger partial charge in [-0.05, 0) is 42.7 Å². The Bertz CT molecular complexity index is 863. The van der Waals surface area contributed by atoms with Crippen molar-refractivity contribution in [3.63, 3.8) is 0 Å². The summed E-state index contributed by atoms with van der Waals surface area (Å²) in [6, 6.07) is 9.70. The van der Waals surface area contributed by atoms with Crippen LogP contribution in [0.25, 0.3) is 0 Å². The molecule has 1 aliphatic carbocycles. The topological polar surface area (TPSA) is 59.9 Å². The Balaban J connectivity index is 1.70. The second-order valence-electron chi connectivity index (χ2n) is 9.67. The number of carbonyl (C=O) groups is 2. The van der Waals surface area contributed by atoms with E-state index < -0.39 is 11.8 Å². The summed E-state index contributed by atoms with van der Waals surface area (Å²) in [5, 5.41) is 0. The Labute approximate surface area is 199 Å². The third kappa shape index (κ3) is 7.31. The van der Waals surface area contributed by atoms with Crippen LogP contribution in [0.15, 0.2) is 42.7 Å². The maximum atomic E-state index is 13.7. The van der Waals surface area contributed by atoms with Crippen LogP contribution in [-0.4, -0.2) is 21.5 Å². The molecule has 1 saturated carbocycles. The molecule has 2 aromatic rings. The van der Waals surface area contributed by atoms with Gasteiger partial charge in [0.1, 0.15) is 17.5 Å². The molecular formula is C29H40N2O2. The lowest BCUT2D eigenvalue weighted by molar-refractivity contribution is -0.135. The normalized spacial score (nSPS) is 19.4. The Morgan fingerprint density at radius 1 is 0.939 bits per heavy atom. The highest BCUT2D eigenvalue weighted by molar-refractivity contribution is 6.06. The highest BCUT2D eigenvalue weighted by Gasteiger charge is 2.38. The van der Waals surface area contributed by atoms with Gasteiger partial charge in [-0.3, -0.25) is 9.59 Å². The highest BCUT2D eigenvalue weighted by atomic mass is 16.2. The lowest BCUT2D eigenvalue weighted by Crippen LogP contribution is -2.35. The quantitative estimate of drug-likeness (QED) is 0.248. The fraction of sp³-hybridized carbons (Fsp3) is 0.586. The van der Waals surface area contributed by atoms with Crippen LogP contribution in [-0.2, 0) is 16.0 Å². The fourth-order valence-electron chi connectivity index (χ4n) is 5.09. The van der Waals surface area contributed by atoms with Crippen molar-refractivity contribution in [1.29, 1.82) is 0 Å². The Kier molecular flexibility index (Phi) is 10.2. The first-order valence-corrected chi connectivity index (χ1v) is 13.1. The first-order valence-electron chi connectivity index (χ1n) is 13.1. The largest absolute Gasteiger partial charge is 0.299 e. The smallest absolute Gasteiger partial charge is 0.158 e. The Morgan fingerprint density at radius 2 is 1.64 bits per heavy atom. The van der Waals surface area contributed by atoms with Crippen LogP contribution in [0.1, 0.15) is 107 Å². The van der Waals surface area contributed by atoms with Crippen LogP contribution in [0, 0.1) is 11.8 Å². The van der Waals surface area contributed by atoms with Gasteiger partial charge in [0.05, 0.1) is 5.92 Å². The molecule has 0 bridgehead atoms. The standard InChI is InChI=1S/C29H40N2O2/c1-3-5-6-7-8-10-14-23-20-30-29(31-21-23)27(24-15-11-9-12-16-24)28(33)25-18-17-22(13-4-2)19-26(25)32/h9,11-12,15-16,20-22,25,27H,3-8,10,13-14,17-19H2,1-2H3. The zero-order valence-corrected chi connectivity index (χ0v) is 20.5. The predicted molar refractivity (Wildman–Crippen MR) is 133 cm³/mol. The van der Waals surface area contributed by atoms with E-state index in [1.54, 1.807) is 0 Å². The summed E-state index contributed by atoms with van der Waals surface area (Å²) in [5.74, 6) is -0.101. The number of aromatic nitrogens is 2. The van der Waals surface area contributed by atoms with Gasteiger partial charge < -0.3 is 0 Å². The molecule has 1 aromatic carbocycles. The second-order valence-corrected chi connectivity index (χ2v) is 9.67. The van der Waals surface area contributed by atoms with Gasteiger partial charge in [0, 0.05) is 18.8 Å². The molecule has 4 nitrogen and oxygen atoms in total. The molecule has 33 heavy (non-hydrogen) atoms. The maximum absolute atomic E-state index is 13.7. The minimum Gasteiger partial charge on any atom is -0.299 e. The average molecular weight is 449 g/mol. The van der Waals surface area contributed by atoms with E-state index in [1.165, 1.54) is 32.1 Å². The number of hydrogen-bond donors (Lipinski definition) is 0. The lowest BCUT2D eigenvalue weighted by Gasteiger charge is -2.28. The third-order valence-electron chi connectivity index (χ3n) is 7.00. The Morgan fingerprint density at radius 3 is 2.30 bits per heavy atom. The molecule has 4 heteroatoms. The summed E-state index contributed by atoms with van der Waals surface area (Å²) in [5.41, 5.74) is 1.99. The molecule has 0 amide bonds. The minimum atomic E-state index is -0.578. The van der Waals surface area contributed by atoms with Crippen LogP contribution in [0.4, 0.5) is 0 Å². The van der Waals surface area contributed by atoms with Crippen molar-refractivity contribution in [3.05, 3.63) is 59.7 Å². The van der Waals surface area contributed by atoms with Crippen molar-refractivity contribution >= 4 is 11.6 Å². The molecule has 3 atom stereocenters. The van der Waals surface area contributed by atoms with Crippen LogP contribution in [0.5, 0.6) is 0 Å². The van der Waals surface area contributed by atoms with E-state index in [0.717, 1.165) is 43.2 Å². The second kappa shape index (κ2) is 13.4. The van der Waals surface area contributed by atoms with Gasteiger partial charge in [0.15, 0.2) is 5.78 Å². The van der Waals surface area contributed by atoms with Crippen molar-refractivity contribution in [3.8, 4) is 0 Å². The van der Waals surface area contributed by atoms with Gasteiger partial charge >= 0.3 is 0 Å². The highest BCUT2D eigenvalue weighted by Crippen LogP contribution is 2.34. The number of benzene rings is 1. The van der Waals surface area contributed by atoms with Gasteiger partial charge in [-0.25, -0.2) is 9.97 Å². The monoisotopic (exact) mass is 448 g/mol. The van der Waals surface area contributed by atoms with Gasteiger partial charge in [0.2, 0.25) is 0 Å². The van der Waals surface area contributed by atoms with E-state index in [2.05, 4.69) is 23.8 Å². The molecule has 0 radical (unpaired) electrons. The molecule has 3 unspecified atom stereocenters. The van der Waals surface area contributed by atoms with E-state index in [-0.39, 0.29) is 11.6 Å². The predicted octanol–water partition coefficient (Wildman–Crippen LogP) is 6.87. The molecule has 1 heterocycles. The molecule has 1 aromatic heterocycles. The van der Waals surface area contributed by atoms with Crippen molar-refractivity contribution in [2.45, 2.75) is 96.8 Å². The molecule has 1 aliphatic rings. The molecular weight excluding hydrogens is 408 g/mol. The van der Waals surface area contributed by atoms with Crippen LogP contribution < -0.4 is 0 Å². The number of Topliss-reactive ketones (excluding diaryl/α,β-unsaturated/α-hetero) is 2. The molecule has 0 saturated heterocycles. The first kappa shape index (κ1) is 25.3. The maximum Gasteiger partial charge on any atom is 0.158 e. The molecule has 3 rings (SSSR count). The minimum absolute atomic E-state index is 0.0372. The summed E-state index contributed by atoms with van der Waals surface area (Å²) >= 11 is 0. The number of carbonyl (C=O) groups excluding carboxylic acids is 2. The number of nitrogens with zero attached hydrogens (tertiary/aromatic N) is 2. The summed E-state index contributed by atoms with van der Waals surface area (Å²) < 4.78 is 0. The summed E-state index contributed by atoms with van der Waals surface area (Å²) in [6.07, 6.45) is 16.6. The number of aryl methyl sites for hydroxylation is 1. The average Bonchev–Trinajstić information content (AvgIpc) is 2.83. The van der Waals surface area contributed by atoms with Gasteiger partial charge in [-0.15, -0.1) is 0 Å². The summed E-state index contributed by atoms with van der Waals surface area (Å²) in [7, 11) is 0. The molecule has 178 valence electrons. The number of ketones is 2. The van der Waals surface area contributed by atoms with E-state index in [9.17, 15) is 9.59 Å². The van der Waals surface area contributed by atoms with Gasteiger partial charge in [-0.1, -0.05) is 89.1 Å². The number of unbranched alkanes of at least 4 members (excludes halogenated alkanes) is 5. The van der Waals surface area contributed by atoms with Crippen molar-refractivity contribution in [2.24, 2.45) is 11.8 Å². The van der Waals surface area contributed by atoms with E-state index in [4.69, 9.17) is 0 Å². The zero-order valence-electron chi connectivity index (χ0n) is 20.5. The number of rotatable bonds is 13. The van der Waals surface area contributed by atoms with Crippen molar-refractivity contribution in [1.82, 2.24) is 9.97 Å². The van der Waals surface area contributed by atoms with Gasteiger partial charge in [-0.2, -0.15) is 0 Å². The molecule has 0 spiro atoms. The van der Waals surface area contributed by atoms with Crippen molar-refractivity contribution in [2.75, 3.05) is 0 Å². The Hall–Kier alpha value is -2.36. The fourth-order valence-corrected chi connectivity index (χ4v) is 5.09. The molecule has 0 aliphatic heterocycles. The third-order valence-corrected chi connectivity index (χ3v) is 7.00. The first-order chi connectivity index (χ1) is 16.1. The molecule has 0 N–H and O–H groups in total. The number of hydrogen-bond acceptors (Lipinski definition) is 4. The van der Waals surface area contributed by atoms with Gasteiger partial charge in [0.25, 0.3) is 0 Å². The lowest BCUT2D eigenvalue weighted by atomic mass is 9.74. The molecule has 1 fully saturated rings. The summed E-state index contributed by atoms with van der Waals surface area (Å²) in [4.78, 5) is 35.8. The van der Waals surface area contributed by atoms with Crippen LogP contribution in [0.3, 0.4) is 0 Å². The van der Waals surface area contributed by atoms with Crippen LogP contribution in [0.2, 0.25) is 0 Å². The van der Waals surface area contributed by atoms with E-state index in [0.29, 0.717) is 24.6 Å². The zero-order chi connectivity index (χ0) is 23.5.